The Morgan fingerprint density at radius 2 is 2.40 bits per heavy atom. The number of aromatic nitrogens is 2. The van der Waals surface area contributed by atoms with Crippen LogP contribution in [0.3, 0.4) is 0 Å². The van der Waals surface area contributed by atoms with E-state index in [2.05, 4.69) is 22.0 Å². The average Bonchev–Trinajstić information content (AvgIpc) is 1.95. The van der Waals surface area contributed by atoms with E-state index in [1.165, 1.54) is 6.07 Å². The van der Waals surface area contributed by atoms with E-state index in [0.29, 0.717) is 5.69 Å². The lowest BCUT2D eigenvalue weighted by Crippen LogP contribution is -2.05. The molecule has 1 aromatic heterocycles. The molecule has 1 heterocycles. The Hall–Kier alpha value is -1.56. The van der Waals surface area contributed by atoms with E-state index >= 15 is 0 Å². The maximum absolute atomic E-state index is 10.5. The molecule has 0 saturated heterocycles. The van der Waals surface area contributed by atoms with Gasteiger partial charge in [0.15, 0.2) is 0 Å². The minimum Gasteiger partial charge on any atom is -0.268 e. The SMILES string of the molecule is CC#Cc1ccc(=O)[nH]n1. The van der Waals surface area contributed by atoms with Gasteiger partial charge in [-0.05, 0) is 18.9 Å². The highest BCUT2D eigenvalue weighted by molar-refractivity contribution is 5.24. The van der Waals surface area contributed by atoms with Crippen LogP contribution in [0.4, 0.5) is 0 Å². The van der Waals surface area contributed by atoms with Crippen molar-refractivity contribution in [3.05, 3.63) is 28.2 Å². The van der Waals surface area contributed by atoms with E-state index in [1.54, 1.807) is 13.0 Å². The fourth-order valence-corrected chi connectivity index (χ4v) is 0.542. The molecular formula is C7H6N2O. The summed E-state index contributed by atoms with van der Waals surface area (Å²) in [6.07, 6.45) is 0. The van der Waals surface area contributed by atoms with Crippen molar-refractivity contribution in [2.75, 3.05) is 0 Å². The molecule has 0 spiro atoms. The van der Waals surface area contributed by atoms with Crippen LogP contribution in [0.5, 0.6) is 0 Å². The van der Waals surface area contributed by atoms with Gasteiger partial charge in [-0.2, -0.15) is 5.10 Å². The fourth-order valence-electron chi connectivity index (χ4n) is 0.542. The molecule has 0 bridgehead atoms. The zero-order chi connectivity index (χ0) is 7.40. The van der Waals surface area contributed by atoms with Crippen LogP contribution in [0, 0.1) is 11.8 Å². The minimum absolute atomic E-state index is 0.207. The Bertz CT molecular complexity index is 309. The molecule has 3 heteroatoms. The van der Waals surface area contributed by atoms with Crippen LogP contribution in [0.15, 0.2) is 16.9 Å². The van der Waals surface area contributed by atoms with Crippen molar-refractivity contribution in [3.8, 4) is 11.8 Å². The van der Waals surface area contributed by atoms with Crippen molar-refractivity contribution in [3.63, 3.8) is 0 Å². The molecule has 0 radical (unpaired) electrons. The Labute approximate surface area is 58.1 Å². The van der Waals surface area contributed by atoms with E-state index in [1.807, 2.05) is 0 Å². The first-order chi connectivity index (χ1) is 4.83. The Morgan fingerprint density at radius 3 is 2.90 bits per heavy atom. The lowest BCUT2D eigenvalue weighted by molar-refractivity contribution is 0.974. The van der Waals surface area contributed by atoms with Crippen molar-refractivity contribution in [1.82, 2.24) is 10.2 Å². The predicted octanol–water partition coefficient (Wildman–Crippen LogP) is 0.141. The van der Waals surface area contributed by atoms with Crippen LogP contribution in [-0.4, -0.2) is 10.2 Å². The third kappa shape index (κ3) is 1.46. The lowest BCUT2D eigenvalue weighted by atomic mass is 10.4. The normalized spacial score (nSPS) is 8.10. The number of aromatic amines is 1. The molecule has 50 valence electrons. The molecule has 0 amide bonds. The molecule has 0 aromatic carbocycles. The number of hydrogen-bond acceptors (Lipinski definition) is 2. The molecule has 1 N–H and O–H groups in total. The van der Waals surface area contributed by atoms with Gasteiger partial charge < -0.3 is 0 Å². The lowest BCUT2D eigenvalue weighted by Gasteiger charge is -1.83. The molecule has 0 aliphatic heterocycles. The van der Waals surface area contributed by atoms with Gasteiger partial charge in [0.1, 0.15) is 5.69 Å². The Balaban J connectivity index is 3.08. The molecule has 0 unspecified atom stereocenters. The molecule has 0 aliphatic carbocycles. The van der Waals surface area contributed by atoms with Gasteiger partial charge in [-0.3, -0.25) is 4.79 Å². The fraction of sp³-hybridized carbons (Fsp3) is 0.143. The van der Waals surface area contributed by atoms with Gasteiger partial charge in [-0.25, -0.2) is 5.10 Å². The first-order valence-corrected chi connectivity index (χ1v) is 2.81. The summed E-state index contributed by atoms with van der Waals surface area (Å²) in [6.45, 7) is 1.72. The first kappa shape index (κ1) is 6.56. The second-order valence-corrected chi connectivity index (χ2v) is 1.68. The highest BCUT2D eigenvalue weighted by Crippen LogP contribution is 1.81. The maximum Gasteiger partial charge on any atom is 0.264 e. The van der Waals surface area contributed by atoms with Crippen molar-refractivity contribution in [2.45, 2.75) is 6.92 Å². The summed E-state index contributed by atoms with van der Waals surface area (Å²) in [4.78, 5) is 10.5. The quantitative estimate of drug-likeness (QED) is 0.513. The monoisotopic (exact) mass is 134 g/mol. The number of hydrogen-bond donors (Lipinski definition) is 1. The van der Waals surface area contributed by atoms with E-state index in [-0.39, 0.29) is 5.56 Å². The van der Waals surface area contributed by atoms with Gasteiger partial charge in [0, 0.05) is 6.07 Å². The van der Waals surface area contributed by atoms with Crippen LogP contribution in [0.25, 0.3) is 0 Å². The maximum atomic E-state index is 10.5. The smallest absolute Gasteiger partial charge is 0.264 e. The van der Waals surface area contributed by atoms with Crippen molar-refractivity contribution in [2.24, 2.45) is 0 Å². The van der Waals surface area contributed by atoms with E-state index in [0.717, 1.165) is 0 Å². The van der Waals surface area contributed by atoms with Crippen LogP contribution < -0.4 is 5.56 Å². The summed E-state index contributed by atoms with van der Waals surface area (Å²) < 4.78 is 0. The van der Waals surface area contributed by atoms with Gasteiger partial charge in [-0.15, -0.1) is 0 Å². The highest BCUT2D eigenvalue weighted by Gasteiger charge is 1.84. The van der Waals surface area contributed by atoms with Gasteiger partial charge in [0.2, 0.25) is 0 Å². The molecule has 10 heavy (non-hydrogen) atoms. The number of H-pyrrole nitrogens is 1. The Morgan fingerprint density at radius 1 is 1.60 bits per heavy atom. The van der Waals surface area contributed by atoms with Gasteiger partial charge in [0.05, 0.1) is 0 Å². The molecular weight excluding hydrogens is 128 g/mol. The number of nitrogens with one attached hydrogen (secondary N) is 1. The predicted molar refractivity (Wildman–Crippen MR) is 37.4 cm³/mol. The third-order valence-electron chi connectivity index (χ3n) is 0.932. The van der Waals surface area contributed by atoms with Crippen LogP contribution in [0.2, 0.25) is 0 Å². The summed E-state index contributed by atoms with van der Waals surface area (Å²) in [7, 11) is 0. The number of nitrogens with zero attached hydrogens (tertiary/aromatic N) is 1. The molecule has 0 saturated carbocycles. The Kier molecular flexibility index (Phi) is 1.86. The topological polar surface area (TPSA) is 45.8 Å². The van der Waals surface area contributed by atoms with Crippen LogP contribution >= 0.6 is 0 Å². The summed E-state index contributed by atoms with van der Waals surface area (Å²) in [5.74, 6) is 5.37. The minimum atomic E-state index is -0.207. The standard InChI is InChI=1S/C7H6N2O/c1-2-3-6-4-5-7(10)9-8-6/h4-5H,1H3,(H,9,10). The summed E-state index contributed by atoms with van der Waals surface area (Å²) in [6, 6.07) is 2.97. The third-order valence-corrected chi connectivity index (χ3v) is 0.932. The zero-order valence-corrected chi connectivity index (χ0v) is 5.51. The molecule has 0 atom stereocenters. The van der Waals surface area contributed by atoms with Gasteiger partial charge >= 0.3 is 0 Å². The van der Waals surface area contributed by atoms with Crippen molar-refractivity contribution >= 4 is 0 Å². The highest BCUT2D eigenvalue weighted by atomic mass is 16.1. The first-order valence-electron chi connectivity index (χ1n) is 2.81. The zero-order valence-electron chi connectivity index (χ0n) is 5.51. The second kappa shape index (κ2) is 2.83. The molecule has 0 fully saturated rings. The summed E-state index contributed by atoms with van der Waals surface area (Å²) >= 11 is 0. The van der Waals surface area contributed by atoms with Crippen LogP contribution in [0.1, 0.15) is 12.6 Å². The largest absolute Gasteiger partial charge is 0.268 e. The average molecular weight is 134 g/mol. The number of rotatable bonds is 0. The second-order valence-electron chi connectivity index (χ2n) is 1.68. The molecule has 1 aromatic rings. The summed E-state index contributed by atoms with van der Waals surface area (Å²) in [5, 5.41) is 5.93. The van der Waals surface area contributed by atoms with E-state index in [9.17, 15) is 4.79 Å². The molecule has 1 rings (SSSR count). The van der Waals surface area contributed by atoms with Crippen molar-refractivity contribution < 1.29 is 0 Å². The van der Waals surface area contributed by atoms with E-state index < -0.39 is 0 Å². The summed E-state index contributed by atoms with van der Waals surface area (Å²) in [5.41, 5.74) is 0.378. The van der Waals surface area contributed by atoms with Gasteiger partial charge in [0.25, 0.3) is 5.56 Å². The van der Waals surface area contributed by atoms with Crippen LogP contribution in [-0.2, 0) is 0 Å². The van der Waals surface area contributed by atoms with E-state index in [4.69, 9.17) is 0 Å². The molecule has 0 aliphatic rings. The van der Waals surface area contributed by atoms with Crippen molar-refractivity contribution in [1.29, 1.82) is 0 Å². The van der Waals surface area contributed by atoms with Gasteiger partial charge in [-0.1, -0.05) is 5.92 Å². The molecule has 3 nitrogen and oxygen atoms in total.